The maximum Gasteiger partial charge on any atom is 0.259 e. The van der Waals surface area contributed by atoms with E-state index in [9.17, 15) is 9.18 Å². The van der Waals surface area contributed by atoms with Gasteiger partial charge in [-0.05, 0) is 47.1 Å². The van der Waals surface area contributed by atoms with Gasteiger partial charge in [-0.15, -0.1) is 0 Å². The number of nitrogens with one attached hydrogen (secondary N) is 2. The first kappa shape index (κ1) is 14.4. The Bertz CT molecular complexity index is 663. The molecular formula is C13H12BrFN4O. The first-order chi connectivity index (χ1) is 9.51. The molecule has 7 heteroatoms. The Morgan fingerprint density at radius 1 is 1.35 bits per heavy atom. The van der Waals surface area contributed by atoms with Crippen LogP contribution in [0.5, 0.6) is 0 Å². The van der Waals surface area contributed by atoms with E-state index in [1.54, 1.807) is 13.0 Å². The zero-order chi connectivity index (χ0) is 14.7. The number of nitrogen functional groups attached to an aromatic ring is 1. The third kappa shape index (κ3) is 3.12. The summed E-state index contributed by atoms with van der Waals surface area (Å²) in [6.07, 6.45) is 1.43. The van der Waals surface area contributed by atoms with Crippen molar-refractivity contribution >= 4 is 33.2 Å². The van der Waals surface area contributed by atoms with E-state index in [2.05, 4.69) is 31.7 Å². The number of nitrogens with two attached hydrogens (primary N) is 1. The van der Waals surface area contributed by atoms with Crippen LogP contribution in [0.2, 0.25) is 0 Å². The number of carbonyl (C=O) groups is 1. The number of aryl methyl sites for hydroxylation is 1. The zero-order valence-corrected chi connectivity index (χ0v) is 12.2. The average Bonchev–Trinajstić information content (AvgIpc) is 2.41. The summed E-state index contributed by atoms with van der Waals surface area (Å²) in [4.78, 5) is 16.2. The Morgan fingerprint density at radius 3 is 2.75 bits per heavy atom. The number of aromatic nitrogens is 1. The average molecular weight is 339 g/mol. The summed E-state index contributed by atoms with van der Waals surface area (Å²) < 4.78 is 13.4. The maximum atomic E-state index is 13.0. The molecule has 0 fully saturated rings. The molecule has 2 aromatic rings. The van der Waals surface area contributed by atoms with Crippen molar-refractivity contribution in [3.05, 3.63) is 52.0 Å². The molecule has 0 spiro atoms. The Kier molecular flexibility index (Phi) is 4.31. The monoisotopic (exact) mass is 338 g/mol. The van der Waals surface area contributed by atoms with E-state index in [0.29, 0.717) is 21.4 Å². The lowest BCUT2D eigenvalue weighted by atomic mass is 10.2. The van der Waals surface area contributed by atoms with E-state index in [1.165, 1.54) is 24.4 Å². The first-order valence-corrected chi connectivity index (χ1v) is 6.50. The summed E-state index contributed by atoms with van der Waals surface area (Å²) in [6.45, 7) is 1.79. The van der Waals surface area contributed by atoms with Gasteiger partial charge >= 0.3 is 0 Å². The van der Waals surface area contributed by atoms with E-state index < -0.39 is 11.7 Å². The molecule has 4 N–H and O–H groups in total. The number of nitrogens with zero attached hydrogens (tertiary/aromatic N) is 1. The van der Waals surface area contributed by atoms with Crippen molar-refractivity contribution in [1.82, 2.24) is 4.98 Å². The van der Waals surface area contributed by atoms with Crippen molar-refractivity contribution in [3.63, 3.8) is 0 Å². The zero-order valence-electron chi connectivity index (χ0n) is 10.6. The van der Waals surface area contributed by atoms with Gasteiger partial charge in [0.25, 0.3) is 5.91 Å². The number of pyridine rings is 1. The highest BCUT2D eigenvalue weighted by molar-refractivity contribution is 9.10. The number of hydrazine groups is 1. The second kappa shape index (κ2) is 5.98. The minimum Gasteiger partial charge on any atom is -0.323 e. The summed E-state index contributed by atoms with van der Waals surface area (Å²) in [5.41, 5.74) is 4.41. The van der Waals surface area contributed by atoms with E-state index in [1.807, 2.05) is 0 Å². The number of hydrogen-bond acceptors (Lipinski definition) is 4. The Balaban J connectivity index is 2.28. The number of amides is 1. The van der Waals surface area contributed by atoms with Gasteiger partial charge in [-0.3, -0.25) is 15.6 Å². The first-order valence-electron chi connectivity index (χ1n) is 5.71. The molecule has 5 nitrogen and oxygen atoms in total. The fraction of sp³-hybridized carbons (Fsp3) is 0.0769. The van der Waals surface area contributed by atoms with Crippen LogP contribution in [0.15, 0.2) is 34.9 Å². The smallest absolute Gasteiger partial charge is 0.259 e. The highest BCUT2D eigenvalue weighted by atomic mass is 79.9. The van der Waals surface area contributed by atoms with Gasteiger partial charge in [0.05, 0.1) is 16.9 Å². The molecule has 1 aromatic heterocycles. The molecule has 1 amide bonds. The molecule has 0 aliphatic carbocycles. The molecule has 1 aromatic carbocycles. The van der Waals surface area contributed by atoms with Gasteiger partial charge in [0.2, 0.25) is 0 Å². The molecule has 2 rings (SSSR count). The van der Waals surface area contributed by atoms with E-state index >= 15 is 0 Å². The normalized spacial score (nSPS) is 10.2. The quantitative estimate of drug-likeness (QED) is 0.593. The lowest BCUT2D eigenvalue weighted by Crippen LogP contribution is -2.18. The van der Waals surface area contributed by atoms with Gasteiger partial charge < -0.3 is 10.7 Å². The highest BCUT2D eigenvalue weighted by Gasteiger charge is 2.13. The lowest BCUT2D eigenvalue weighted by Gasteiger charge is -2.11. The van der Waals surface area contributed by atoms with Gasteiger partial charge in [0, 0.05) is 16.4 Å². The fourth-order valence-corrected chi connectivity index (χ4v) is 2.09. The van der Waals surface area contributed by atoms with Crippen LogP contribution in [0, 0.1) is 12.7 Å². The van der Waals surface area contributed by atoms with Crippen molar-refractivity contribution in [1.29, 1.82) is 0 Å². The molecule has 20 heavy (non-hydrogen) atoms. The molecule has 0 aliphatic rings. The van der Waals surface area contributed by atoms with Crippen LogP contribution >= 0.6 is 15.9 Å². The second-order valence-corrected chi connectivity index (χ2v) is 4.95. The third-order valence-corrected chi connectivity index (χ3v) is 3.28. The van der Waals surface area contributed by atoms with Gasteiger partial charge in [0.15, 0.2) is 0 Å². The van der Waals surface area contributed by atoms with Crippen LogP contribution in [0.3, 0.4) is 0 Å². The third-order valence-electron chi connectivity index (χ3n) is 2.62. The summed E-state index contributed by atoms with van der Waals surface area (Å²) in [7, 11) is 0. The standard InChI is InChI=1S/C13H12BrFN4O/c1-7-4-12(19-16)9(6-17-7)13(20)18-11-3-2-8(15)5-10(11)14/h2-6H,16H2,1H3,(H,17,19)(H,18,20). The van der Waals surface area contributed by atoms with Crippen LogP contribution in [0.25, 0.3) is 0 Å². The minimum absolute atomic E-state index is 0.300. The molecule has 0 radical (unpaired) electrons. The lowest BCUT2D eigenvalue weighted by molar-refractivity contribution is 0.102. The number of carbonyl (C=O) groups excluding carboxylic acids is 1. The van der Waals surface area contributed by atoms with Gasteiger partial charge in [0.1, 0.15) is 5.82 Å². The van der Waals surface area contributed by atoms with Crippen molar-refractivity contribution in [2.24, 2.45) is 5.84 Å². The predicted octanol–water partition coefficient (Wildman–Crippen LogP) is 2.83. The van der Waals surface area contributed by atoms with Crippen molar-refractivity contribution in [3.8, 4) is 0 Å². The minimum atomic E-state index is -0.392. The van der Waals surface area contributed by atoms with E-state index in [-0.39, 0.29) is 0 Å². The molecule has 104 valence electrons. The van der Waals surface area contributed by atoms with Crippen LogP contribution in [0.4, 0.5) is 15.8 Å². The summed E-state index contributed by atoms with van der Waals surface area (Å²) >= 11 is 3.18. The topological polar surface area (TPSA) is 80.0 Å². The van der Waals surface area contributed by atoms with Crippen LogP contribution in [-0.4, -0.2) is 10.9 Å². The Morgan fingerprint density at radius 2 is 2.10 bits per heavy atom. The Hall–Kier alpha value is -1.99. The van der Waals surface area contributed by atoms with Crippen LogP contribution in [-0.2, 0) is 0 Å². The molecular weight excluding hydrogens is 327 g/mol. The second-order valence-electron chi connectivity index (χ2n) is 4.09. The highest BCUT2D eigenvalue weighted by Crippen LogP contribution is 2.24. The van der Waals surface area contributed by atoms with Gasteiger partial charge in [-0.2, -0.15) is 0 Å². The Labute approximate surface area is 123 Å². The molecule has 0 saturated carbocycles. The molecule has 0 unspecified atom stereocenters. The van der Waals surface area contributed by atoms with Crippen LogP contribution < -0.4 is 16.6 Å². The van der Waals surface area contributed by atoms with Crippen molar-refractivity contribution in [2.75, 3.05) is 10.7 Å². The maximum absolute atomic E-state index is 13.0. The predicted molar refractivity (Wildman–Crippen MR) is 78.8 cm³/mol. The number of anilines is 2. The molecule has 0 aliphatic heterocycles. The largest absolute Gasteiger partial charge is 0.323 e. The van der Waals surface area contributed by atoms with E-state index in [4.69, 9.17) is 5.84 Å². The molecule has 0 bridgehead atoms. The fourth-order valence-electron chi connectivity index (χ4n) is 1.64. The van der Waals surface area contributed by atoms with Crippen LogP contribution in [0.1, 0.15) is 16.1 Å². The van der Waals surface area contributed by atoms with Gasteiger partial charge in [-0.1, -0.05) is 0 Å². The summed E-state index contributed by atoms with van der Waals surface area (Å²) in [5.74, 6) is 4.60. The summed E-state index contributed by atoms with van der Waals surface area (Å²) in [6, 6.07) is 5.66. The van der Waals surface area contributed by atoms with Gasteiger partial charge in [-0.25, -0.2) is 4.39 Å². The molecule has 0 saturated heterocycles. The SMILES string of the molecule is Cc1cc(NN)c(C(=O)Nc2ccc(F)cc2Br)cn1. The molecule has 1 heterocycles. The number of benzene rings is 1. The van der Waals surface area contributed by atoms with E-state index in [0.717, 1.165) is 5.69 Å². The number of hydrogen-bond donors (Lipinski definition) is 3. The van der Waals surface area contributed by atoms with Crippen molar-refractivity contribution < 1.29 is 9.18 Å². The van der Waals surface area contributed by atoms with Crippen molar-refractivity contribution in [2.45, 2.75) is 6.92 Å². The number of rotatable bonds is 3. The summed E-state index contributed by atoms with van der Waals surface area (Å²) in [5, 5.41) is 2.66. The molecule has 0 atom stereocenters. The number of halogens is 2.